The third-order valence-electron chi connectivity index (χ3n) is 1.42. The van der Waals surface area contributed by atoms with Crippen LogP contribution in [0.3, 0.4) is 0 Å². The molecule has 0 atom stereocenters. The van der Waals surface area contributed by atoms with E-state index in [1.807, 2.05) is 20.8 Å². The number of ether oxygens (including phenoxy) is 1. The third kappa shape index (κ3) is 5.41. The molecule has 0 bridgehead atoms. The Labute approximate surface area is 86.0 Å². The van der Waals surface area contributed by atoms with E-state index in [4.69, 9.17) is 4.74 Å². The molecule has 0 radical (unpaired) electrons. The summed E-state index contributed by atoms with van der Waals surface area (Å²) in [5, 5.41) is 0. The molecule has 0 aliphatic carbocycles. The van der Waals surface area contributed by atoms with Crippen molar-refractivity contribution >= 4 is 6.29 Å². The van der Waals surface area contributed by atoms with E-state index < -0.39 is 0 Å². The topological polar surface area (TPSA) is 29.5 Å². The van der Waals surface area contributed by atoms with E-state index in [-0.39, 0.29) is 12.1 Å². The molecule has 0 fully saturated rings. The Morgan fingerprint density at radius 2 is 2.00 bits per heavy atom. The standard InChI is InChI=1S/C11H19NO2/c1-6-7-12(8-9-13)10(2)14-11(3,4)5/h6,9H,1-2,7-8H2,3-5H3. The maximum atomic E-state index is 10.4. The van der Waals surface area contributed by atoms with Crippen LogP contribution in [0.4, 0.5) is 0 Å². The summed E-state index contributed by atoms with van der Waals surface area (Å²) in [6, 6.07) is 0. The zero-order valence-electron chi connectivity index (χ0n) is 9.25. The fourth-order valence-electron chi connectivity index (χ4n) is 0.942. The van der Waals surface area contributed by atoms with Crippen molar-refractivity contribution < 1.29 is 9.53 Å². The molecule has 0 aliphatic rings. The highest BCUT2D eigenvalue weighted by atomic mass is 16.5. The molecule has 0 aliphatic heterocycles. The van der Waals surface area contributed by atoms with Crippen LogP contribution < -0.4 is 0 Å². The van der Waals surface area contributed by atoms with Crippen molar-refractivity contribution in [2.75, 3.05) is 13.1 Å². The Hall–Kier alpha value is -1.25. The van der Waals surface area contributed by atoms with Crippen LogP contribution >= 0.6 is 0 Å². The average molecular weight is 197 g/mol. The van der Waals surface area contributed by atoms with Crippen LogP contribution in [0.25, 0.3) is 0 Å². The highest BCUT2D eigenvalue weighted by Crippen LogP contribution is 2.14. The van der Waals surface area contributed by atoms with Gasteiger partial charge in [0.1, 0.15) is 11.9 Å². The first-order chi connectivity index (χ1) is 6.40. The quantitative estimate of drug-likeness (QED) is 0.370. The van der Waals surface area contributed by atoms with Crippen LogP contribution in [0.1, 0.15) is 20.8 Å². The maximum Gasteiger partial charge on any atom is 0.183 e. The summed E-state index contributed by atoms with van der Waals surface area (Å²) in [5.41, 5.74) is -0.292. The fraction of sp³-hybridized carbons (Fsp3) is 0.545. The molecule has 0 aromatic carbocycles. The second-order valence-corrected chi connectivity index (χ2v) is 3.97. The summed E-state index contributed by atoms with van der Waals surface area (Å²) in [6.45, 7) is 14.0. The van der Waals surface area contributed by atoms with Crippen molar-refractivity contribution in [1.82, 2.24) is 4.90 Å². The lowest BCUT2D eigenvalue weighted by molar-refractivity contribution is -0.109. The van der Waals surface area contributed by atoms with Gasteiger partial charge in [0.2, 0.25) is 0 Å². The second kappa shape index (κ2) is 5.47. The second-order valence-electron chi connectivity index (χ2n) is 3.97. The van der Waals surface area contributed by atoms with Crippen molar-refractivity contribution in [1.29, 1.82) is 0 Å². The van der Waals surface area contributed by atoms with Gasteiger partial charge in [-0.15, -0.1) is 6.58 Å². The highest BCUT2D eigenvalue weighted by molar-refractivity contribution is 5.52. The summed E-state index contributed by atoms with van der Waals surface area (Å²) >= 11 is 0. The minimum absolute atomic E-state index is 0.279. The predicted octanol–water partition coefficient (Wildman–Crippen LogP) is 1.96. The average Bonchev–Trinajstić information content (AvgIpc) is 2.01. The minimum Gasteiger partial charge on any atom is -0.474 e. The monoisotopic (exact) mass is 197 g/mol. The number of carbonyl (C=O) groups is 1. The molecule has 0 rings (SSSR count). The molecular weight excluding hydrogens is 178 g/mol. The smallest absolute Gasteiger partial charge is 0.183 e. The predicted molar refractivity (Wildman–Crippen MR) is 57.8 cm³/mol. The number of aldehydes is 1. The molecule has 0 heterocycles. The molecule has 0 aromatic heterocycles. The van der Waals surface area contributed by atoms with Gasteiger partial charge in [0.25, 0.3) is 0 Å². The van der Waals surface area contributed by atoms with Gasteiger partial charge >= 0.3 is 0 Å². The van der Waals surface area contributed by atoms with E-state index in [0.29, 0.717) is 12.4 Å². The summed E-state index contributed by atoms with van der Waals surface area (Å²) in [4.78, 5) is 12.1. The molecule has 3 nitrogen and oxygen atoms in total. The molecule has 0 saturated carbocycles. The van der Waals surface area contributed by atoms with E-state index in [0.717, 1.165) is 6.29 Å². The van der Waals surface area contributed by atoms with E-state index in [1.54, 1.807) is 11.0 Å². The molecule has 0 N–H and O–H groups in total. The van der Waals surface area contributed by atoms with Crippen LogP contribution in [-0.4, -0.2) is 29.9 Å². The summed E-state index contributed by atoms with van der Waals surface area (Å²) < 4.78 is 5.53. The Morgan fingerprint density at radius 1 is 1.43 bits per heavy atom. The number of hydrogen-bond acceptors (Lipinski definition) is 3. The summed E-state index contributed by atoms with van der Waals surface area (Å²) in [6.07, 6.45) is 2.53. The maximum absolute atomic E-state index is 10.4. The molecule has 0 spiro atoms. The van der Waals surface area contributed by atoms with E-state index in [1.165, 1.54) is 0 Å². The lowest BCUT2D eigenvalue weighted by Gasteiger charge is -2.29. The number of rotatable bonds is 6. The van der Waals surface area contributed by atoms with E-state index in [2.05, 4.69) is 13.2 Å². The molecule has 3 heteroatoms. The Kier molecular flexibility index (Phi) is 4.99. The summed E-state index contributed by atoms with van der Waals surface area (Å²) in [7, 11) is 0. The van der Waals surface area contributed by atoms with Gasteiger partial charge < -0.3 is 14.4 Å². The fourth-order valence-corrected chi connectivity index (χ4v) is 0.942. The Morgan fingerprint density at radius 3 is 2.36 bits per heavy atom. The normalized spacial score (nSPS) is 10.5. The minimum atomic E-state index is -0.292. The Balaban J connectivity index is 4.28. The van der Waals surface area contributed by atoms with E-state index >= 15 is 0 Å². The van der Waals surface area contributed by atoms with Crippen molar-refractivity contribution in [3.8, 4) is 0 Å². The SMILES string of the molecule is C=CCN(CC=O)C(=C)OC(C)(C)C. The first kappa shape index (κ1) is 12.8. The molecule has 0 unspecified atom stereocenters. The van der Waals surface area contributed by atoms with Gasteiger partial charge in [0, 0.05) is 6.54 Å². The zero-order chi connectivity index (χ0) is 11.2. The third-order valence-corrected chi connectivity index (χ3v) is 1.42. The molecule has 0 aromatic rings. The molecular formula is C11H19NO2. The van der Waals surface area contributed by atoms with Crippen molar-refractivity contribution in [2.24, 2.45) is 0 Å². The highest BCUT2D eigenvalue weighted by Gasteiger charge is 2.15. The van der Waals surface area contributed by atoms with Gasteiger partial charge in [0.15, 0.2) is 5.88 Å². The lowest BCUT2D eigenvalue weighted by Crippen LogP contribution is -2.31. The van der Waals surface area contributed by atoms with Crippen LogP contribution in [0, 0.1) is 0 Å². The Bertz CT molecular complexity index is 206. The van der Waals surface area contributed by atoms with Crippen molar-refractivity contribution in [2.45, 2.75) is 26.4 Å². The van der Waals surface area contributed by atoms with Crippen LogP contribution in [0.15, 0.2) is 25.1 Å². The molecule has 0 amide bonds. The van der Waals surface area contributed by atoms with Crippen LogP contribution in [-0.2, 0) is 9.53 Å². The van der Waals surface area contributed by atoms with Gasteiger partial charge in [-0.2, -0.15) is 0 Å². The summed E-state index contributed by atoms with van der Waals surface area (Å²) in [5.74, 6) is 0.504. The zero-order valence-corrected chi connectivity index (χ0v) is 9.25. The number of nitrogens with zero attached hydrogens (tertiary/aromatic N) is 1. The largest absolute Gasteiger partial charge is 0.474 e. The number of hydrogen-bond donors (Lipinski definition) is 0. The van der Waals surface area contributed by atoms with Crippen LogP contribution in [0.5, 0.6) is 0 Å². The van der Waals surface area contributed by atoms with Crippen molar-refractivity contribution in [3.63, 3.8) is 0 Å². The van der Waals surface area contributed by atoms with Gasteiger partial charge in [-0.05, 0) is 27.4 Å². The number of carbonyl (C=O) groups excluding carboxylic acids is 1. The van der Waals surface area contributed by atoms with Crippen molar-refractivity contribution in [3.05, 3.63) is 25.1 Å². The van der Waals surface area contributed by atoms with Gasteiger partial charge in [-0.1, -0.05) is 6.08 Å². The van der Waals surface area contributed by atoms with Crippen LogP contribution in [0.2, 0.25) is 0 Å². The lowest BCUT2D eigenvalue weighted by atomic mass is 10.2. The molecule has 14 heavy (non-hydrogen) atoms. The first-order valence-electron chi connectivity index (χ1n) is 4.58. The van der Waals surface area contributed by atoms with E-state index in [9.17, 15) is 4.79 Å². The van der Waals surface area contributed by atoms with Gasteiger partial charge in [0.05, 0.1) is 6.54 Å². The molecule has 0 saturated heterocycles. The van der Waals surface area contributed by atoms with Gasteiger partial charge in [-0.25, -0.2) is 0 Å². The first-order valence-corrected chi connectivity index (χ1v) is 4.58. The van der Waals surface area contributed by atoms with Gasteiger partial charge in [-0.3, -0.25) is 0 Å². The molecule has 80 valence electrons.